The summed E-state index contributed by atoms with van der Waals surface area (Å²) >= 11 is 1.90. The molecule has 2 aliphatic rings. The summed E-state index contributed by atoms with van der Waals surface area (Å²) in [5.74, 6) is 2.85. The Bertz CT molecular complexity index is 582. The lowest BCUT2D eigenvalue weighted by molar-refractivity contribution is -0.132. The molecule has 7 heteroatoms. The monoisotopic (exact) mass is 317 g/mol. The van der Waals surface area contributed by atoms with Gasteiger partial charge in [-0.05, 0) is 18.6 Å². The summed E-state index contributed by atoms with van der Waals surface area (Å²) in [6.45, 7) is 2.40. The second-order valence-corrected chi connectivity index (χ2v) is 6.71. The van der Waals surface area contributed by atoms with Gasteiger partial charge in [0.25, 0.3) is 0 Å². The maximum Gasteiger partial charge on any atom is 0.239 e. The van der Waals surface area contributed by atoms with Crippen LogP contribution in [-0.2, 0) is 4.79 Å². The first-order valence-corrected chi connectivity index (χ1v) is 8.65. The number of aromatic nitrogens is 1. The predicted molar refractivity (Wildman–Crippen MR) is 86.7 cm³/mol. The van der Waals surface area contributed by atoms with E-state index in [2.05, 4.69) is 21.7 Å². The Kier molecular flexibility index (Phi) is 4.80. The molecule has 0 aliphatic carbocycles. The Labute approximate surface area is 134 Å². The smallest absolute Gasteiger partial charge is 0.239 e. The second kappa shape index (κ2) is 6.99. The van der Waals surface area contributed by atoms with Crippen molar-refractivity contribution in [3.05, 3.63) is 23.9 Å². The minimum atomic E-state index is -0.130. The maximum absolute atomic E-state index is 12.5. The molecule has 2 saturated heterocycles. The summed E-state index contributed by atoms with van der Waals surface area (Å²) in [5, 5.41) is 15.7. The molecule has 1 aromatic heterocycles. The standard InChI is InChI=1S/C15H19N5OS/c16-9-11-2-1-3-17-14(11)19-12-8-13(18-10-12)15(21)20-4-6-22-7-5-20/h1-3,12-13,18H,4-8,10H2,(H,17,19)/t12-,13-/m0/s1. The van der Waals surface area contributed by atoms with Crippen LogP contribution in [0.15, 0.2) is 18.3 Å². The van der Waals surface area contributed by atoms with Crippen molar-refractivity contribution in [2.45, 2.75) is 18.5 Å². The quantitative estimate of drug-likeness (QED) is 0.853. The average Bonchev–Trinajstić information content (AvgIpc) is 3.04. The fourth-order valence-corrected chi connectivity index (χ4v) is 3.74. The summed E-state index contributed by atoms with van der Waals surface area (Å²) < 4.78 is 0. The SMILES string of the molecule is N#Cc1cccnc1N[C@@H]1CN[C@H](C(=O)N2CCSCC2)C1. The van der Waals surface area contributed by atoms with Gasteiger partial charge in [-0.3, -0.25) is 4.79 Å². The number of carbonyl (C=O) groups excluding carboxylic acids is 1. The number of nitrogens with one attached hydrogen (secondary N) is 2. The Balaban J connectivity index is 1.58. The van der Waals surface area contributed by atoms with Crippen LogP contribution in [0.2, 0.25) is 0 Å². The number of hydrogen-bond donors (Lipinski definition) is 2. The minimum Gasteiger partial charge on any atom is -0.365 e. The van der Waals surface area contributed by atoms with E-state index in [4.69, 9.17) is 5.26 Å². The van der Waals surface area contributed by atoms with E-state index in [0.29, 0.717) is 17.9 Å². The molecule has 6 nitrogen and oxygen atoms in total. The molecule has 0 bridgehead atoms. The van der Waals surface area contributed by atoms with Crippen molar-refractivity contribution in [1.82, 2.24) is 15.2 Å². The summed E-state index contributed by atoms with van der Waals surface area (Å²) in [4.78, 5) is 18.6. The molecule has 1 amide bonds. The van der Waals surface area contributed by atoms with Crippen LogP contribution in [0.5, 0.6) is 0 Å². The van der Waals surface area contributed by atoms with Gasteiger partial charge >= 0.3 is 0 Å². The molecule has 2 N–H and O–H groups in total. The van der Waals surface area contributed by atoms with Crippen LogP contribution < -0.4 is 10.6 Å². The molecular weight excluding hydrogens is 298 g/mol. The van der Waals surface area contributed by atoms with E-state index in [0.717, 1.165) is 31.0 Å². The normalized spacial score (nSPS) is 24.8. The van der Waals surface area contributed by atoms with E-state index in [9.17, 15) is 4.79 Å². The van der Waals surface area contributed by atoms with E-state index >= 15 is 0 Å². The van der Waals surface area contributed by atoms with E-state index < -0.39 is 0 Å². The van der Waals surface area contributed by atoms with Gasteiger partial charge in [0, 0.05) is 43.4 Å². The van der Waals surface area contributed by atoms with Gasteiger partial charge in [-0.25, -0.2) is 4.98 Å². The minimum absolute atomic E-state index is 0.120. The summed E-state index contributed by atoms with van der Waals surface area (Å²) in [6.07, 6.45) is 2.39. The zero-order valence-corrected chi connectivity index (χ0v) is 13.1. The Hall–Kier alpha value is -1.78. The number of amides is 1. The van der Waals surface area contributed by atoms with Gasteiger partial charge in [0.1, 0.15) is 11.9 Å². The van der Waals surface area contributed by atoms with Gasteiger partial charge in [-0.1, -0.05) is 0 Å². The number of hydrogen-bond acceptors (Lipinski definition) is 6. The molecule has 2 aliphatic heterocycles. The summed E-state index contributed by atoms with van der Waals surface area (Å²) in [6, 6.07) is 5.61. The van der Waals surface area contributed by atoms with E-state index in [-0.39, 0.29) is 18.0 Å². The number of nitriles is 1. The van der Waals surface area contributed by atoms with Crippen molar-refractivity contribution < 1.29 is 4.79 Å². The molecule has 3 heterocycles. The molecule has 0 saturated carbocycles. The van der Waals surface area contributed by atoms with E-state index in [1.54, 1.807) is 18.3 Å². The zero-order chi connectivity index (χ0) is 15.4. The number of rotatable bonds is 3. The molecule has 116 valence electrons. The highest BCUT2D eigenvalue weighted by atomic mass is 32.2. The van der Waals surface area contributed by atoms with Crippen LogP contribution in [0.1, 0.15) is 12.0 Å². The van der Waals surface area contributed by atoms with E-state index in [1.165, 1.54) is 0 Å². The lowest BCUT2D eigenvalue weighted by Crippen LogP contribution is -2.46. The summed E-state index contributed by atoms with van der Waals surface area (Å²) in [7, 11) is 0. The molecule has 0 unspecified atom stereocenters. The molecule has 2 fully saturated rings. The molecule has 3 rings (SSSR count). The van der Waals surface area contributed by atoms with Crippen molar-refractivity contribution in [1.29, 1.82) is 5.26 Å². The van der Waals surface area contributed by atoms with Crippen LogP contribution in [-0.4, -0.2) is 59.0 Å². The van der Waals surface area contributed by atoms with Crippen molar-refractivity contribution in [3.63, 3.8) is 0 Å². The first-order chi connectivity index (χ1) is 10.8. The number of pyridine rings is 1. The molecule has 22 heavy (non-hydrogen) atoms. The van der Waals surface area contributed by atoms with Crippen molar-refractivity contribution in [3.8, 4) is 6.07 Å². The van der Waals surface area contributed by atoms with E-state index in [1.807, 2.05) is 16.7 Å². The highest BCUT2D eigenvalue weighted by molar-refractivity contribution is 7.99. The largest absolute Gasteiger partial charge is 0.365 e. The first kappa shape index (κ1) is 15.1. The molecule has 1 aromatic rings. The van der Waals surface area contributed by atoms with Gasteiger partial charge in [0.2, 0.25) is 5.91 Å². The van der Waals surface area contributed by atoms with Gasteiger partial charge in [0.15, 0.2) is 0 Å². The predicted octanol–water partition coefficient (Wildman–Crippen LogP) is 0.671. The fourth-order valence-electron chi connectivity index (χ4n) is 2.84. The third kappa shape index (κ3) is 3.34. The highest BCUT2D eigenvalue weighted by Crippen LogP contribution is 2.18. The van der Waals surface area contributed by atoms with Crippen molar-refractivity contribution in [2.75, 3.05) is 36.5 Å². The van der Waals surface area contributed by atoms with Crippen LogP contribution in [0.4, 0.5) is 5.82 Å². The maximum atomic E-state index is 12.5. The molecule has 0 radical (unpaired) electrons. The Morgan fingerprint density at radius 2 is 2.32 bits per heavy atom. The fraction of sp³-hybridized carbons (Fsp3) is 0.533. The number of carbonyl (C=O) groups is 1. The average molecular weight is 317 g/mol. The first-order valence-electron chi connectivity index (χ1n) is 7.49. The molecule has 0 spiro atoms. The topological polar surface area (TPSA) is 81.0 Å². The van der Waals surface area contributed by atoms with Crippen LogP contribution in [0.25, 0.3) is 0 Å². The lowest BCUT2D eigenvalue weighted by Gasteiger charge is -2.28. The number of thioether (sulfide) groups is 1. The third-order valence-electron chi connectivity index (χ3n) is 4.02. The number of nitrogens with zero attached hydrogens (tertiary/aromatic N) is 3. The summed E-state index contributed by atoms with van der Waals surface area (Å²) in [5.41, 5.74) is 0.533. The van der Waals surface area contributed by atoms with Crippen LogP contribution >= 0.6 is 11.8 Å². The lowest BCUT2D eigenvalue weighted by atomic mass is 10.1. The molecule has 0 aromatic carbocycles. The number of anilines is 1. The second-order valence-electron chi connectivity index (χ2n) is 5.49. The van der Waals surface area contributed by atoms with Gasteiger partial charge in [-0.2, -0.15) is 17.0 Å². The van der Waals surface area contributed by atoms with Gasteiger partial charge < -0.3 is 15.5 Å². The van der Waals surface area contributed by atoms with Gasteiger partial charge in [0.05, 0.1) is 11.6 Å². The van der Waals surface area contributed by atoms with Crippen LogP contribution in [0.3, 0.4) is 0 Å². The van der Waals surface area contributed by atoms with Crippen LogP contribution in [0, 0.1) is 11.3 Å². The van der Waals surface area contributed by atoms with Crippen molar-refractivity contribution >= 4 is 23.5 Å². The zero-order valence-electron chi connectivity index (χ0n) is 12.3. The third-order valence-corrected chi connectivity index (χ3v) is 4.96. The Morgan fingerprint density at radius 1 is 1.50 bits per heavy atom. The molecular formula is C15H19N5OS. The highest BCUT2D eigenvalue weighted by Gasteiger charge is 2.33. The Morgan fingerprint density at radius 3 is 3.09 bits per heavy atom. The molecule has 2 atom stereocenters. The van der Waals surface area contributed by atoms with Crippen molar-refractivity contribution in [2.24, 2.45) is 0 Å². The van der Waals surface area contributed by atoms with Gasteiger partial charge in [-0.15, -0.1) is 0 Å².